The van der Waals surface area contributed by atoms with Crippen LogP contribution in [0.2, 0.25) is 0 Å². The highest BCUT2D eigenvalue weighted by molar-refractivity contribution is 5.78. The first-order valence-electron chi connectivity index (χ1n) is 5.64. The monoisotopic (exact) mass is 226 g/mol. The molecule has 0 amide bonds. The van der Waals surface area contributed by atoms with E-state index in [0.29, 0.717) is 18.4 Å². The number of carbonyl (C=O) groups is 1. The fourth-order valence-electron chi connectivity index (χ4n) is 1.84. The first kappa shape index (κ1) is 12.9. The van der Waals surface area contributed by atoms with Crippen LogP contribution in [0.15, 0.2) is 5.57 Å². The van der Waals surface area contributed by atoms with Crippen molar-refractivity contribution in [1.82, 2.24) is 10.6 Å². The van der Waals surface area contributed by atoms with E-state index >= 15 is 0 Å². The van der Waals surface area contributed by atoms with E-state index in [1.165, 1.54) is 0 Å². The highest BCUT2D eigenvalue weighted by Crippen LogP contribution is 2.28. The van der Waals surface area contributed by atoms with Crippen molar-refractivity contribution in [2.75, 3.05) is 26.2 Å². The van der Waals surface area contributed by atoms with Crippen LogP contribution in [0.1, 0.15) is 19.3 Å². The highest BCUT2D eigenvalue weighted by atomic mass is 16.4. The molecule has 0 aromatic heterocycles. The first-order valence-corrected chi connectivity index (χ1v) is 5.64. The first-order chi connectivity index (χ1) is 7.75. The summed E-state index contributed by atoms with van der Waals surface area (Å²) in [6.45, 7) is 4.56. The maximum absolute atomic E-state index is 10.4. The Balaban J connectivity index is 0.000000181. The zero-order valence-corrected chi connectivity index (χ0v) is 9.29. The SMILES string of the molecule is C1CNCCN1.O=C=C1CCCC1C(=O)O. The zero-order valence-electron chi connectivity index (χ0n) is 9.29. The number of carbonyl (C=O) groups excluding carboxylic acids is 1. The molecule has 2 fully saturated rings. The number of carboxylic acid groups (broad SMARTS) is 1. The minimum atomic E-state index is -0.893. The largest absolute Gasteiger partial charge is 0.481 e. The van der Waals surface area contributed by atoms with Crippen molar-refractivity contribution >= 4 is 11.9 Å². The molecule has 1 aliphatic carbocycles. The Morgan fingerprint density at radius 2 is 1.81 bits per heavy atom. The lowest BCUT2D eigenvalue weighted by Crippen LogP contribution is -2.39. The van der Waals surface area contributed by atoms with Crippen LogP contribution in [0.5, 0.6) is 0 Å². The predicted molar refractivity (Wildman–Crippen MR) is 59.9 cm³/mol. The second-order valence-electron chi connectivity index (χ2n) is 3.91. The second-order valence-corrected chi connectivity index (χ2v) is 3.91. The smallest absolute Gasteiger partial charge is 0.311 e. The van der Waals surface area contributed by atoms with Crippen LogP contribution >= 0.6 is 0 Å². The van der Waals surface area contributed by atoms with Crippen LogP contribution in [0, 0.1) is 5.92 Å². The third kappa shape index (κ3) is 4.14. The van der Waals surface area contributed by atoms with Crippen molar-refractivity contribution in [1.29, 1.82) is 0 Å². The Hall–Kier alpha value is -1.16. The van der Waals surface area contributed by atoms with Crippen molar-refractivity contribution in [2.45, 2.75) is 19.3 Å². The average molecular weight is 226 g/mol. The Kier molecular flexibility index (Phi) is 5.78. The molecule has 2 aliphatic rings. The highest BCUT2D eigenvalue weighted by Gasteiger charge is 2.27. The topological polar surface area (TPSA) is 78.4 Å². The van der Waals surface area contributed by atoms with E-state index < -0.39 is 11.9 Å². The van der Waals surface area contributed by atoms with Crippen molar-refractivity contribution in [3.05, 3.63) is 5.57 Å². The van der Waals surface area contributed by atoms with Gasteiger partial charge in [-0.25, -0.2) is 4.79 Å². The van der Waals surface area contributed by atoms with Crippen molar-refractivity contribution in [3.63, 3.8) is 0 Å². The van der Waals surface area contributed by atoms with Gasteiger partial charge in [0.05, 0.1) is 5.92 Å². The van der Waals surface area contributed by atoms with Crippen molar-refractivity contribution in [2.24, 2.45) is 5.92 Å². The molecule has 0 aromatic carbocycles. The lowest BCUT2D eigenvalue weighted by Gasteiger charge is -2.11. The van der Waals surface area contributed by atoms with Gasteiger partial charge in [-0.15, -0.1) is 0 Å². The normalized spacial score (nSPS) is 24.2. The van der Waals surface area contributed by atoms with Gasteiger partial charge in [-0.05, 0) is 19.3 Å². The molecular formula is C11H18N2O3. The summed E-state index contributed by atoms with van der Waals surface area (Å²) in [5.41, 5.74) is 0.424. The van der Waals surface area contributed by atoms with Crippen LogP contribution in [0.3, 0.4) is 0 Å². The van der Waals surface area contributed by atoms with Crippen LogP contribution in [0.4, 0.5) is 0 Å². The Bertz CT molecular complexity index is 269. The minimum absolute atomic E-state index is 0.424. The zero-order chi connectivity index (χ0) is 11.8. The van der Waals surface area contributed by atoms with Gasteiger partial charge in [0.15, 0.2) is 0 Å². The summed E-state index contributed by atoms with van der Waals surface area (Å²) in [5.74, 6) is 0.244. The van der Waals surface area contributed by atoms with E-state index in [1.807, 2.05) is 0 Å². The van der Waals surface area contributed by atoms with Crippen molar-refractivity contribution in [3.8, 4) is 0 Å². The van der Waals surface area contributed by atoms with Gasteiger partial charge in [-0.3, -0.25) is 4.79 Å². The average Bonchev–Trinajstić information content (AvgIpc) is 2.80. The molecule has 90 valence electrons. The molecule has 16 heavy (non-hydrogen) atoms. The van der Waals surface area contributed by atoms with Crippen LogP contribution in [-0.4, -0.2) is 43.2 Å². The third-order valence-electron chi connectivity index (χ3n) is 2.75. The number of hydrogen-bond acceptors (Lipinski definition) is 4. The quantitative estimate of drug-likeness (QED) is 0.540. The van der Waals surface area contributed by atoms with Gasteiger partial charge < -0.3 is 15.7 Å². The number of nitrogens with one attached hydrogen (secondary N) is 2. The van der Waals surface area contributed by atoms with Gasteiger partial charge in [-0.2, -0.15) is 0 Å². The molecule has 0 aromatic rings. The Morgan fingerprint density at radius 3 is 2.12 bits per heavy atom. The lowest BCUT2D eigenvalue weighted by atomic mass is 10.1. The molecule has 5 nitrogen and oxygen atoms in total. The molecular weight excluding hydrogens is 208 g/mol. The van der Waals surface area contributed by atoms with Gasteiger partial charge in [0, 0.05) is 31.8 Å². The fraction of sp³-hybridized carbons (Fsp3) is 0.727. The number of carboxylic acids is 1. The van der Waals surface area contributed by atoms with Crippen LogP contribution in [-0.2, 0) is 9.59 Å². The van der Waals surface area contributed by atoms with E-state index in [-0.39, 0.29) is 0 Å². The van der Waals surface area contributed by atoms with E-state index in [2.05, 4.69) is 10.6 Å². The lowest BCUT2D eigenvalue weighted by molar-refractivity contribution is -0.140. The van der Waals surface area contributed by atoms with Gasteiger partial charge in [-0.1, -0.05) is 0 Å². The number of rotatable bonds is 1. The van der Waals surface area contributed by atoms with E-state index in [4.69, 9.17) is 5.11 Å². The molecule has 1 heterocycles. The fourth-order valence-corrected chi connectivity index (χ4v) is 1.84. The van der Waals surface area contributed by atoms with E-state index in [9.17, 15) is 9.59 Å². The van der Waals surface area contributed by atoms with Gasteiger partial charge >= 0.3 is 5.97 Å². The molecule has 0 spiro atoms. The molecule has 1 aliphatic heterocycles. The van der Waals surface area contributed by atoms with Crippen LogP contribution < -0.4 is 10.6 Å². The predicted octanol–water partition coefficient (Wildman–Crippen LogP) is -0.192. The maximum atomic E-state index is 10.4. The molecule has 5 heteroatoms. The Morgan fingerprint density at radius 1 is 1.25 bits per heavy atom. The van der Waals surface area contributed by atoms with Crippen molar-refractivity contribution < 1.29 is 14.7 Å². The summed E-state index contributed by atoms with van der Waals surface area (Å²) in [4.78, 5) is 20.5. The molecule has 1 unspecified atom stereocenters. The summed E-state index contributed by atoms with van der Waals surface area (Å²) < 4.78 is 0. The van der Waals surface area contributed by atoms with Gasteiger partial charge in [0.1, 0.15) is 5.94 Å². The molecule has 0 radical (unpaired) electrons. The van der Waals surface area contributed by atoms with Gasteiger partial charge in [0.2, 0.25) is 0 Å². The summed E-state index contributed by atoms with van der Waals surface area (Å²) in [6, 6.07) is 0. The number of hydrogen-bond donors (Lipinski definition) is 3. The van der Waals surface area contributed by atoms with Gasteiger partial charge in [0.25, 0.3) is 0 Å². The third-order valence-corrected chi connectivity index (χ3v) is 2.75. The summed E-state index contributed by atoms with van der Waals surface area (Å²) in [5, 5.41) is 15.0. The molecule has 1 saturated carbocycles. The number of piperazine rings is 1. The molecule has 1 atom stereocenters. The molecule has 3 N–H and O–H groups in total. The minimum Gasteiger partial charge on any atom is -0.481 e. The molecule has 0 bridgehead atoms. The number of aliphatic carboxylic acids is 1. The molecule has 1 saturated heterocycles. The summed E-state index contributed by atoms with van der Waals surface area (Å²) >= 11 is 0. The van der Waals surface area contributed by atoms with Crippen LogP contribution in [0.25, 0.3) is 0 Å². The second kappa shape index (κ2) is 7.17. The summed E-state index contributed by atoms with van der Waals surface area (Å²) in [6.07, 6.45) is 2.02. The van der Waals surface area contributed by atoms with E-state index in [1.54, 1.807) is 5.94 Å². The standard InChI is InChI=1S/C7H8O3.C4H10N2/c8-4-5-2-1-3-6(5)7(9)10;1-2-6-4-3-5-1/h6H,1-3H2,(H,9,10);5-6H,1-4H2. The van der Waals surface area contributed by atoms with E-state index in [0.717, 1.165) is 32.6 Å². The summed E-state index contributed by atoms with van der Waals surface area (Å²) in [7, 11) is 0. The Labute approximate surface area is 94.9 Å². The molecule has 2 rings (SSSR count). The maximum Gasteiger partial charge on any atom is 0.311 e.